The van der Waals surface area contributed by atoms with Gasteiger partial charge in [-0.3, -0.25) is 0 Å². The number of unbranched alkanes of at least 4 members (excludes halogenated alkanes) is 5. The van der Waals surface area contributed by atoms with Crippen LogP contribution in [-0.4, -0.2) is 45.5 Å². The van der Waals surface area contributed by atoms with Crippen molar-refractivity contribution < 1.29 is 17.9 Å². The van der Waals surface area contributed by atoms with Crippen molar-refractivity contribution in [3.63, 3.8) is 0 Å². The number of hydrogen-bond donors (Lipinski definition) is 0. The molecule has 29 heavy (non-hydrogen) atoms. The number of benzene rings is 1. The quantitative estimate of drug-likeness (QED) is 0.226. The van der Waals surface area contributed by atoms with E-state index in [4.69, 9.17) is 4.74 Å². The molecular weight excluding hydrogens is 386 g/mol. The Bertz CT molecular complexity index is 710. The second-order valence-electron chi connectivity index (χ2n) is 7.10. The standard InChI is InChI=1S/C23H37NO4S/c1-4-7-8-9-10-14-20-28-23(25)22(18-15-19-24(5-2)6-3)29(26,27)21-16-12-11-13-17-21/h11-13,16-18H,4-10,14-15,19-20H2,1-3H3/b22-18+. The van der Waals surface area contributed by atoms with Crippen LogP contribution in [0.3, 0.4) is 0 Å². The van der Waals surface area contributed by atoms with Crippen LogP contribution >= 0.6 is 0 Å². The predicted molar refractivity (Wildman–Crippen MR) is 118 cm³/mol. The zero-order chi connectivity index (χ0) is 21.5. The maximum atomic E-state index is 13.0. The summed E-state index contributed by atoms with van der Waals surface area (Å²) < 4.78 is 31.4. The van der Waals surface area contributed by atoms with Gasteiger partial charge in [0.25, 0.3) is 0 Å². The SMILES string of the molecule is CCCCCCCCOC(=O)/C(=C\CCN(CC)CC)S(=O)(=O)c1ccccc1. The Kier molecular flexibility index (Phi) is 12.6. The van der Waals surface area contributed by atoms with Crippen LogP contribution in [0.4, 0.5) is 0 Å². The fourth-order valence-corrected chi connectivity index (χ4v) is 4.45. The molecule has 0 amide bonds. The normalized spacial score (nSPS) is 12.3. The number of carbonyl (C=O) groups is 1. The average molecular weight is 424 g/mol. The molecule has 1 aromatic rings. The van der Waals surface area contributed by atoms with Gasteiger partial charge in [-0.1, -0.05) is 77.2 Å². The summed E-state index contributed by atoms with van der Waals surface area (Å²) in [7, 11) is -3.90. The van der Waals surface area contributed by atoms with E-state index < -0.39 is 15.8 Å². The van der Waals surface area contributed by atoms with Crippen LogP contribution in [0.1, 0.15) is 65.7 Å². The maximum absolute atomic E-state index is 13.0. The Morgan fingerprint density at radius 3 is 2.21 bits per heavy atom. The van der Waals surface area contributed by atoms with Gasteiger partial charge in [0.2, 0.25) is 9.84 Å². The van der Waals surface area contributed by atoms with Crippen molar-refractivity contribution in [1.82, 2.24) is 4.90 Å². The molecule has 0 aliphatic heterocycles. The number of esters is 1. The fourth-order valence-electron chi connectivity index (χ4n) is 3.07. The highest BCUT2D eigenvalue weighted by Gasteiger charge is 2.28. The third-order valence-corrected chi connectivity index (χ3v) is 6.75. The summed E-state index contributed by atoms with van der Waals surface area (Å²) in [6, 6.07) is 8.08. The van der Waals surface area contributed by atoms with Crippen molar-refractivity contribution in [3.8, 4) is 0 Å². The van der Waals surface area contributed by atoms with Gasteiger partial charge in [-0.2, -0.15) is 0 Å². The van der Waals surface area contributed by atoms with Crippen LogP contribution in [0.15, 0.2) is 46.2 Å². The molecule has 0 unspecified atom stereocenters. The molecule has 0 radical (unpaired) electrons. The molecule has 164 valence electrons. The first kappa shape index (κ1) is 25.4. The third-order valence-electron chi connectivity index (χ3n) is 4.94. The zero-order valence-electron chi connectivity index (χ0n) is 18.2. The van der Waals surface area contributed by atoms with Gasteiger partial charge in [0.05, 0.1) is 11.5 Å². The molecule has 0 aliphatic rings. The van der Waals surface area contributed by atoms with Crippen LogP contribution in [0, 0.1) is 0 Å². The number of carbonyl (C=O) groups excluding carboxylic acids is 1. The lowest BCUT2D eigenvalue weighted by Crippen LogP contribution is -2.24. The van der Waals surface area contributed by atoms with Gasteiger partial charge >= 0.3 is 5.97 Å². The molecule has 0 N–H and O–H groups in total. The van der Waals surface area contributed by atoms with Crippen molar-refractivity contribution in [2.24, 2.45) is 0 Å². The Morgan fingerprint density at radius 1 is 0.966 bits per heavy atom. The van der Waals surface area contributed by atoms with Gasteiger partial charge in [-0.05, 0) is 38.1 Å². The minimum atomic E-state index is -3.90. The summed E-state index contributed by atoms with van der Waals surface area (Å²) in [6.07, 6.45) is 8.44. The topological polar surface area (TPSA) is 63.7 Å². The molecule has 0 atom stereocenters. The van der Waals surface area contributed by atoms with Crippen LogP contribution in [0.25, 0.3) is 0 Å². The third kappa shape index (κ3) is 9.13. The number of nitrogens with zero attached hydrogens (tertiary/aromatic N) is 1. The minimum Gasteiger partial charge on any atom is -0.462 e. The first-order valence-corrected chi connectivity index (χ1v) is 12.3. The molecule has 0 aliphatic carbocycles. The first-order chi connectivity index (χ1) is 14.0. The molecular formula is C23H37NO4S. The lowest BCUT2D eigenvalue weighted by molar-refractivity contribution is -0.138. The van der Waals surface area contributed by atoms with Crippen LogP contribution in [0.2, 0.25) is 0 Å². The van der Waals surface area contributed by atoms with E-state index in [0.717, 1.165) is 32.4 Å². The summed E-state index contributed by atoms with van der Waals surface area (Å²) in [4.78, 5) is 14.7. The van der Waals surface area contributed by atoms with E-state index in [-0.39, 0.29) is 16.4 Å². The Balaban J connectivity index is 2.81. The Hall–Kier alpha value is -1.66. The number of ether oxygens (including phenoxy) is 1. The number of rotatable bonds is 15. The Labute approximate surface area is 177 Å². The van der Waals surface area contributed by atoms with Crippen molar-refractivity contribution >= 4 is 15.8 Å². The van der Waals surface area contributed by atoms with Crippen molar-refractivity contribution in [2.45, 2.75) is 70.6 Å². The van der Waals surface area contributed by atoms with Crippen LogP contribution in [0.5, 0.6) is 0 Å². The lowest BCUT2D eigenvalue weighted by atomic mass is 10.1. The summed E-state index contributed by atoms with van der Waals surface area (Å²) in [5.74, 6) is -0.748. The van der Waals surface area contributed by atoms with E-state index in [1.165, 1.54) is 37.5 Å². The highest BCUT2D eigenvalue weighted by atomic mass is 32.2. The van der Waals surface area contributed by atoms with E-state index in [1.807, 2.05) is 0 Å². The average Bonchev–Trinajstić information content (AvgIpc) is 2.73. The smallest absolute Gasteiger partial charge is 0.349 e. The second-order valence-corrected chi connectivity index (χ2v) is 9.02. The zero-order valence-corrected chi connectivity index (χ0v) is 19.0. The summed E-state index contributed by atoms with van der Waals surface area (Å²) >= 11 is 0. The maximum Gasteiger partial charge on any atom is 0.349 e. The minimum absolute atomic E-state index is 0.116. The molecule has 0 saturated carbocycles. The Morgan fingerprint density at radius 2 is 1.59 bits per heavy atom. The molecule has 1 rings (SSSR count). The molecule has 0 saturated heterocycles. The monoisotopic (exact) mass is 423 g/mol. The van der Waals surface area contributed by atoms with E-state index >= 15 is 0 Å². The van der Waals surface area contributed by atoms with E-state index in [9.17, 15) is 13.2 Å². The summed E-state index contributed by atoms with van der Waals surface area (Å²) in [5, 5.41) is 0. The highest BCUT2D eigenvalue weighted by molar-refractivity contribution is 7.96. The summed E-state index contributed by atoms with van der Waals surface area (Å²) in [6.45, 7) is 9.01. The number of sulfone groups is 1. The lowest BCUT2D eigenvalue weighted by Gasteiger charge is -2.17. The van der Waals surface area contributed by atoms with Gasteiger partial charge in [0.15, 0.2) is 4.91 Å². The molecule has 0 fully saturated rings. The van der Waals surface area contributed by atoms with Crippen LogP contribution in [-0.2, 0) is 19.4 Å². The van der Waals surface area contributed by atoms with Gasteiger partial charge in [0, 0.05) is 6.54 Å². The first-order valence-electron chi connectivity index (χ1n) is 10.9. The van der Waals surface area contributed by atoms with Gasteiger partial charge < -0.3 is 9.64 Å². The van der Waals surface area contributed by atoms with Crippen molar-refractivity contribution in [3.05, 3.63) is 41.3 Å². The molecule has 0 spiro atoms. The van der Waals surface area contributed by atoms with E-state index in [2.05, 4.69) is 25.7 Å². The molecule has 0 bridgehead atoms. The predicted octanol–water partition coefficient (Wildman–Crippen LogP) is 4.98. The largest absolute Gasteiger partial charge is 0.462 e. The fraction of sp³-hybridized carbons (Fsp3) is 0.609. The number of hydrogen-bond acceptors (Lipinski definition) is 5. The summed E-state index contributed by atoms with van der Waals surface area (Å²) in [5.41, 5.74) is 0. The molecule has 1 aromatic carbocycles. The molecule has 6 heteroatoms. The molecule has 0 aromatic heterocycles. The highest BCUT2D eigenvalue weighted by Crippen LogP contribution is 2.21. The van der Waals surface area contributed by atoms with Crippen molar-refractivity contribution in [2.75, 3.05) is 26.2 Å². The molecule has 5 nitrogen and oxygen atoms in total. The van der Waals surface area contributed by atoms with Crippen molar-refractivity contribution in [1.29, 1.82) is 0 Å². The second kappa shape index (κ2) is 14.3. The van der Waals surface area contributed by atoms with Gasteiger partial charge in [-0.25, -0.2) is 13.2 Å². The van der Waals surface area contributed by atoms with Crippen LogP contribution < -0.4 is 0 Å². The van der Waals surface area contributed by atoms with E-state index in [1.54, 1.807) is 18.2 Å². The van der Waals surface area contributed by atoms with E-state index in [0.29, 0.717) is 13.0 Å². The van der Waals surface area contributed by atoms with Gasteiger partial charge in [0.1, 0.15) is 0 Å². The van der Waals surface area contributed by atoms with Gasteiger partial charge in [-0.15, -0.1) is 0 Å². The molecule has 0 heterocycles.